The van der Waals surface area contributed by atoms with Crippen molar-refractivity contribution in [3.05, 3.63) is 11.6 Å². The van der Waals surface area contributed by atoms with Crippen molar-refractivity contribution in [3.8, 4) is 0 Å². The lowest BCUT2D eigenvalue weighted by atomic mass is 9.55. The van der Waals surface area contributed by atoms with Crippen LogP contribution in [0.25, 0.3) is 0 Å². The summed E-state index contributed by atoms with van der Waals surface area (Å²) in [6.45, 7) is 9.32. The molecule has 3 atom stereocenters. The maximum absolute atomic E-state index is 4.88. The van der Waals surface area contributed by atoms with Crippen LogP contribution in [0.5, 0.6) is 0 Å². The maximum atomic E-state index is 4.88. The summed E-state index contributed by atoms with van der Waals surface area (Å²) in [6, 6.07) is 0. The van der Waals surface area contributed by atoms with Gasteiger partial charge >= 0.3 is 0 Å². The third kappa shape index (κ3) is 2.33. The van der Waals surface area contributed by atoms with Gasteiger partial charge in [-0.15, -0.1) is 0 Å². The lowest BCUT2D eigenvalue weighted by Crippen LogP contribution is -2.47. The predicted molar refractivity (Wildman–Crippen MR) is 81.0 cm³/mol. The molecule has 18 heavy (non-hydrogen) atoms. The molecular formula is C16H25NS. The van der Waals surface area contributed by atoms with Gasteiger partial charge in [-0.1, -0.05) is 38.8 Å². The monoisotopic (exact) mass is 263 g/mol. The van der Waals surface area contributed by atoms with Crippen molar-refractivity contribution in [3.63, 3.8) is 0 Å². The van der Waals surface area contributed by atoms with Gasteiger partial charge in [-0.3, -0.25) is 0 Å². The van der Waals surface area contributed by atoms with E-state index in [-0.39, 0.29) is 5.54 Å². The minimum absolute atomic E-state index is 0.0185. The van der Waals surface area contributed by atoms with Crippen molar-refractivity contribution in [2.75, 3.05) is 0 Å². The zero-order valence-corrected chi connectivity index (χ0v) is 12.9. The van der Waals surface area contributed by atoms with E-state index in [0.717, 1.165) is 6.42 Å². The Labute approximate surface area is 117 Å². The summed E-state index contributed by atoms with van der Waals surface area (Å²) in [7, 11) is 0. The molecule has 1 nitrogen and oxygen atoms in total. The molecule has 2 aliphatic rings. The fourth-order valence-electron chi connectivity index (χ4n) is 4.01. The van der Waals surface area contributed by atoms with Crippen molar-refractivity contribution in [2.45, 2.75) is 65.3 Å². The summed E-state index contributed by atoms with van der Waals surface area (Å²) >= 11 is 4.88. The van der Waals surface area contributed by atoms with E-state index in [0.29, 0.717) is 17.3 Å². The van der Waals surface area contributed by atoms with Gasteiger partial charge in [-0.05, 0) is 56.2 Å². The molecule has 0 saturated heterocycles. The van der Waals surface area contributed by atoms with Crippen molar-refractivity contribution in [2.24, 2.45) is 22.2 Å². The topological polar surface area (TPSA) is 12.4 Å². The molecule has 0 spiro atoms. The highest BCUT2D eigenvalue weighted by atomic mass is 32.1. The molecule has 0 aromatic carbocycles. The maximum Gasteiger partial charge on any atom is 0.0750 e. The van der Waals surface area contributed by atoms with Crippen molar-refractivity contribution in [1.82, 2.24) is 0 Å². The Kier molecular flexibility index (Phi) is 3.80. The van der Waals surface area contributed by atoms with E-state index in [2.05, 4.69) is 43.9 Å². The highest BCUT2D eigenvalue weighted by molar-refractivity contribution is 7.78. The van der Waals surface area contributed by atoms with Gasteiger partial charge in [-0.2, -0.15) is 0 Å². The third-order valence-electron chi connectivity index (χ3n) is 5.26. The van der Waals surface area contributed by atoms with Crippen LogP contribution in [0.4, 0.5) is 0 Å². The summed E-state index contributed by atoms with van der Waals surface area (Å²) in [4.78, 5) is 4.56. The minimum Gasteiger partial charge on any atom is -0.225 e. The van der Waals surface area contributed by atoms with Crippen LogP contribution in [-0.4, -0.2) is 10.7 Å². The first-order valence-corrected chi connectivity index (χ1v) is 7.62. The van der Waals surface area contributed by atoms with Crippen molar-refractivity contribution in [1.29, 1.82) is 0 Å². The molecule has 0 N–H and O–H groups in total. The first kappa shape index (κ1) is 14.0. The molecule has 100 valence electrons. The summed E-state index contributed by atoms with van der Waals surface area (Å²) in [5.41, 5.74) is 2.02. The smallest absolute Gasteiger partial charge is 0.0750 e. The Bertz CT molecular complexity index is 405. The van der Waals surface area contributed by atoms with Crippen LogP contribution in [0.15, 0.2) is 16.6 Å². The average Bonchev–Trinajstić information content (AvgIpc) is 2.28. The van der Waals surface area contributed by atoms with Crippen molar-refractivity contribution < 1.29 is 0 Å². The molecule has 2 aliphatic carbocycles. The zero-order chi connectivity index (χ0) is 13.4. The molecule has 0 bridgehead atoms. The summed E-state index contributed by atoms with van der Waals surface area (Å²) in [5.74, 6) is 1.21. The second kappa shape index (κ2) is 4.90. The Morgan fingerprint density at radius 3 is 2.67 bits per heavy atom. The average molecular weight is 263 g/mol. The Balaban J connectivity index is 2.42. The minimum atomic E-state index is -0.0185. The highest BCUT2D eigenvalue weighted by Crippen LogP contribution is 2.54. The van der Waals surface area contributed by atoms with Crippen LogP contribution >= 0.6 is 12.2 Å². The Morgan fingerprint density at radius 1 is 1.33 bits per heavy atom. The number of thiocarbonyl (C=S) groups is 1. The van der Waals surface area contributed by atoms with Gasteiger partial charge in [0.1, 0.15) is 0 Å². The number of allylic oxidation sites excluding steroid dienone is 1. The summed E-state index contributed by atoms with van der Waals surface area (Å²) < 4.78 is 0. The van der Waals surface area contributed by atoms with E-state index in [1.165, 1.54) is 25.7 Å². The number of aliphatic imine (C=N–C) groups is 1. The van der Waals surface area contributed by atoms with Gasteiger partial charge in [0.2, 0.25) is 0 Å². The second-order valence-electron chi connectivity index (χ2n) is 6.94. The standard InChI is InChI=1S/C16H25NS/c1-12(2)13-6-9-15(3)7-5-8-16(4,17-11-18)14(15)10-13/h10,12,14H,5-9H2,1-4H3. The van der Waals surface area contributed by atoms with Gasteiger partial charge in [-0.25, -0.2) is 4.99 Å². The Hall–Kier alpha value is -0.460. The molecule has 0 radical (unpaired) electrons. The number of isothiocyanates is 1. The van der Waals surface area contributed by atoms with Crippen LogP contribution in [0, 0.1) is 17.3 Å². The van der Waals surface area contributed by atoms with Gasteiger partial charge < -0.3 is 0 Å². The second-order valence-corrected chi connectivity index (χ2v) is 7.12. The van der Waals surface area contributed by atoms with E-state index in [4.69, 9.17) is 12.2 Å². The van der Waals surface area contributed by atoms with Crippen LogP contribution in [0.2, 0.25) is 0 Å². The zero-order valence-electron chi connectivity index (χ0n) is 12.1. The van der Waals surface area contributed by atoms with Gasteiger partial charge in [0.05, 0.1) is 10.7 Å². The molecule has 1 saturated carbocycles. The van der Waals surface area contributed by atoms with E-state index in [1.807, 2.05) is 0 Å². The summed E-state index contributed by atoms with van der Waals surface area (Å²) in [6.07, 6.45) is 8.87. The van der Waals surface area contributed by atoms with Gasteiger partial charge in [0.15, 0.2) is 0 Å². The molecule has 0 aromatic heterocycles. The molecule has 1 fully saturated rings. The van der Waals surface area contributed by atoms with E-state index in [1.54, 1.807) is 5.57 Å². The van der Waals surface area contributed by atoms with E-state index < -0.39 is 0 Å². The molecule has 2 rings (SSSR count). The SMILES string of the molecule is CC(C)C1=CC2C(C)(CCCC2(C)N=C=S)CC1. The molecular weight excluding hydrogens is 238 g/mol. The quantitative estimate of drug-likeness (QED) is 0.386. The molecule has 0 aliphatic heterocycles. The molecule has 0 amide bonds. The van der Waals surface area contributed by atoms with E-state index >= 15 is 0 Å². The predicted octanol–water partition coefficient (Wildman–Crippen LogP) is 5.03. The number of nitrogens with zero attached hydrogens (tertiary/aromatic N) is 1. The fourth-order valence-corrected chi connectivity index (χ4v) is 4.22. The van der Waals surface area contributed by atoms with Crippen LogP contribution in [0.1, 0.15) is 59.8 Å². The van der Waals surface area contributed by atoms with Crippen molar-refractivity contribution >= 4 is 17.4 Å². The summed E-state index contributed by atoms with van der Waals surface area (Å²) in [5, 5.41) is 2.65. The molecule has 0 heterocycles. The molecule has 3 unspecified atom stereocenters. The van der Waals surface area contributed by atoms with Crippen LogP contribution < -0.4 is 0 Å². The van der Waals surface area contributed by atoms with Crippen LogP contribution in [0.3, 0.4) is 0 Å². The highest BCUT2D eigenvalue weighted by Gasteiger charge is 2.49. The largest absolute Gasteiger partial charge is 0.225 e. The van der Waals surface area contributed by atoms with Gasteiger partial charge in [0, 0.05) is 5.92 Å². The number of fused-ring (bicyclic) bond motifs is 1. The first-order chi connectivity index (χ1) is 8.41. The first-order valence-electron chi connectivity index (χ1n) is 7.21. The van der Waals surface area contributed by atoms with Gasteiger partial charge in [0.25, 0.3) is 0 Å². The lowest BCUT2D eigenvalue weighted by molar-refractivity contribution is 0.0630. The van der Waals surface area contributed by atoms with E-state index in [9.17, 15) is 0 Å². The fraction of sp³-hybridized carbons (Fsp3) is 0.812. The number of hydrogen-bond donors (Lipinski definition) is 0. The molecule has 2 heteroatoms. The lowest BCUT2D eigenvalue weighted by Gasteiger charge is -2.51. The number of hydrogen-bond acceptors (Lipinski definition) is 2. The third-order valence-corrected chi connectivity index (χ3v) is 5.35. The molecule has 0 aromatic rings. The van der Waals surface area contributed by atoms with Crippen LogP contribution in [-0.2, 0) is 0 Å². The Morgan fingerprint density at radius 2 is 2.06 bits per heavy atom. The normalized spacial score (nSPS) is 39.8. The number of rotatable bonds is 2.